The SMILES string of the molecule is Cc1cc(/C=C2/SC(=O)N(c3ccccc3)C2=O)c(C)n1-c1ccc(OCc2ccc(Cl)cc2)cc1. The number of aryl methyl sites for hydroxylation is 1. The molecule has 0 bridgehead atoms. The standard InChI is InChI=1S/C29H23ClN2O3S/c1-19-16-22(17-27-28(33)32(29(34)36-27)24-6-4-3-5-7-24)20(2)31(19)25-12-14-26(15-13-25)35-18-21-8-10-23(30)11-9-21/h3-17H,18H2,1-2H3/b27-17+. The summed E-state index contributed by atoms with van der Waals surface area (Å²) in [6, 6.07) is 26.5. The number of para-hydroxylation sites is 1. The molecule has 1 saturated heterocycles. The molecule has 2 amide bonds. The first-order valence-corrected chi connectivity index (χ1v) is 12.6. The molecule has 0 N–H and O–H groups in total. The van der Waals surface area contributed by atoms with Crippen LogP contribution < -0.4 is 9.64 Å². The quantitative estimate of drug-likeness (QED) is 0.249. The summed E-state index contributed by atoms with van der Waals surface area (Å²) >= 11 is 6.91. The summed E-state index contributed by atoms with van der Waals surface area (Å²) in [6.07, 6.45) is 1.80. The van der Waals surface area contributed by atoms with Crippen molar-refractivity contribution >= 4 is 46.3 Å². The zero-order chi connectivity index (χ0) is 25.2. The second-order valence-electron chi connectivity index (χ2n) is 8.42. The normalized spacial score (nSPS) is 14.6. The molecule has 5 rings (SSSR count). The van der Waals surface area contributed by atoms with Gasteiger partial charge in [0, 0.05) is 22.1 Å². The number of carbonyl (C=O) groups excluding carboxylic acids is 2. The number of thioether (sulfide) groups is 1. The van der Waals surface area contributed by atoms with Crippen molar-refractivity contribution in [1.82, 2.24) is 4.57 Å². The molecule has 2 heterocycles. The van der Waals surface area contributed by atoms with E-state index in [1.165, 1.54) is 4.90 Å². The minimum Gasteiger partial charge on any atom is -0.489 e. The summed E-state index contributed by atoms with van der Waals surface area (Å²) in [5.74, 6) is 0.467. The second kappa shape index (κ2) is 10.1. The number of imide groups is 1. The smallest absolute Gasteiger partial charge is 0.298 e. The molecular weight excluding hydrogens is 492 g/mol. The molecule has 1 aromatic heterocycles. The van der Waals surface area contributed by atoms with Gasteiger partial charge in [0.05, 0.1) is 10.6 Å². The summed E-state index contributed by atoms with van der Waals surface area (Å²) in [4.78, 5) is 27.2. The number of hydrogen-bond acceptors (Lipinski definition) is 4. The zero-order valence-electron chi connectivity index (χ0n) is 19.8. The van der Waals surface area contributed by atoms with Crippen molar-refractivity contribution in [2.75, 3.05) is 4.90 Å². The molecule has 180 valence electrons. The maximum absolute atomic E-state index is 13.0. The molecule has 0 atom stereocenters. The highest BCUT2D eigenvalue weighted by Crippen LogP contribution is 2.36. The van der Waals surface area contributed by atoms with Gasteiger partial charge >= 0.3 is 0 Å². The number of benzene rings is 3. The van der Waals surface area contributed by atoms with E-state index in [2.05, 4.69) is 4.57 Å². The topological polar surface area (TPSA) is 51.5 Å². The molecular formula is C29H23ClN2O3S. The molecule has 7 heteroatoms. The van der Waals surface area contributed by atoms with Crippen LogP contribution in [0, 0.1) is 13.8 Å². The highest BCUT2D eigenvalue weighted by Gasteiger charge is 2.36. The predicted octanol–water partition coefficient (Wildman–Crippen LogP) is 7.57. The number of rotatable bonds is 6. The molecule has 0 radical (unpaired) electrons. The van der Waals surface area contributed by atoms with E-state index in [-0.39, 0.29) is 11.1 Å². The molecule has 3 aromatic carbocycles. The summed E-state index contributed by atoms with van der Waals surface area (Å²) in [5, 5.41) is 0.409. The number of carbonyl (C=O) groups is 2. The van der Waals surface area contributed by atoms with E-state index in [0.29, 0.717) is 22.2 Å². The number of halogens is 1. The fourth-order valence-electron chi connectivity index (χ4n) is 4.18. The summed E-state index contributed by atoms with van der Waals surface area (Å²) in [5.41, 5.74) is 5.51. The van der Waals surface area contributed by atoms with E-state index >= 15 is 0 Å². The van der Waals surface area contributed by atoms with Crippen LogP contribution in [0.4, 0.5) is 10.5 Å². The largest absolute Gasteiger partial charge is 0.489 e. The van der Waals surface area contributed by atoms with Gasteiger partial charge < -0.3 is 9.30 Å². The maximum Gasteiger partial charge on any atom is 0.298 e. The molecule has 4 aromatic rings. The van der Waals surface area contributed by atoms with Crippen LogP contribution in [0.5, 0.6) is 5.75 Å². The number of aromatic nitrogens is 1. The molecule has 1 aliphatic heterocycles. The predicted molar refractivity (Wildman–Crippen MR) is 146 cm³/mol. The van der Waals surface area contributed by atoms with Gasteiger partial charge in [-0.2, -0.15) is 0 Å². The summed E-state index contributed by atoms with van der Waals surface area (Å²) in [7, 11) is 0. The highest BCUT2D eigenvalue weighted by atomic mass is 35.5. The van der Waals surface area contributed by atoms with Gasteiger partial charge in [0.15, 0.2) is 0 Å². The van der Waals surface area contributed by atoms with E-state index in [1.54, 1.807) is 18.2 Å². The van der Waals surface area contributed by atoms with E-state index in [0.717, 1.165) is 45.7 Å². The molecule has 36 heavy (non-hydrogen) atoms. The van der Waals surface area contributed by atoms with Crippen LogP contribution in [0.3, 0.4) is 0 Å². The highest BCUT2D eigenvalue weighted by molar-refractivity contribution is 8.19. The molecule has 0 saturated carbocycles. The van der Waals surface area contributed by atoms with Crippen molar-refractivity contribution in [3.05, 3.63) is 117 Å². The fraction of sp³-hybridized carbons (Fsp3) is 0.103. The minimum atomic E-state index is -0.303. The average molecular weight is 515 g/mol. The Bertz CT molecular complexity index is 1460. The summed E-state index contributed by atoms with van der Waals surface area (Å²) in [6.45, 7) is 4.48. The molecule has 0 spiro atoms. The number of ether oxygens (including phenoxy) is 1. The monoisotopic (exact) mass is 514 g/mol. The fourth-order valence-corrected chi connectivity index (χ4v) is 5.14. The van der Waals surface area contributed by atoms with Gasteiger partial charge in [0.25, 0.3) is 11.1 Å². The first-order valence-electron chi connectivity index (χ1n) is 11.4. The first kappa shape index (κ1) is 24.0. The minimum absolute atomic E-state index is 0.291. The van der Waals surface area contributed by atoms with Crippen LogP contribution in [0.15, 0.2) is 89.8 Å². The number of anilines is 1. The van der Waals surface area contributed by atoms with E-state index in [4.69, 9.17) is 16.3 Å². The Labute approximate surface area is 219 Å². The third-order valence-electron chi connectivity index (χ3n) is 5.98. The lowest BCUT2D eigenvalue weighted by Crippen LogP contribution is -2.27. The van der Waals surface area contributed by atoms with Gasteiger partial charge in [-0.25, -0.2) is 4.90 Å². The van der Waals surface area contributed by atoms with Crippen LogP contribution in [0.1, 0.15) is 22.5 Å². The van der Waals surface area contributed by atoms with Crippen molar-refractivity contribution < 1.29 is 14.3 Å². The Morgan fingerprint density at radius 3 is 2.28 bits per heavy atom. The van der Waals surface area contributed by atoms with Gasteiger partial charge in [-0.05, 0) is 97.4 Å². The van der Waals surface area contributed by atoms with Crippen molar-refractivity contribution in [2.45, 2.75) is 20.5 Å². The number of amides is 2. The molecule has 5 nitrogen and oxygen atoms in total. The second-order valence-corrected chi connectivity index (χ2v) is 9.85. The van der Waals surface area contributed by atoms with E-state index in [1.807, 2.05) is 86.6 Å². The molecule has 1 aliphatic rings. The van der Waals surface area contributed by atoms with Gasteiger partial charge in [-0.1, -0.05) is 41.9 Å². The third-order valence-corrected chi connectivity index (χ3v) is 7.10. The van der Waals surface area contributed by atoms with E-state index in [9.17, 15) is 9.59 Å². The molecule has 1 fully saturated rings. The summed E-state index contributed by atoms with van der Waals surface area (Å²) < 4.78 is 8.03. The van der Waals surface area contributed by atoms with Gasteiger partial charge in [-0.15, -0.1) is 0 Å². The lowest BCUT2D eigenvalue weighted by Gasteiger charge is -2.12. The van der Waals surface area contributed by atoms with Gasteiger partial charge in [-0.3, -0.25) is 9.59 Å². The molecule has 0 unspecified atom stereocenters. The maximum atomic E-state index is 13.0. The van der Waals surface area contributed by atoms with Crippen molar-refractivity contribution in [3.63, 3.8) is 0 Å². The van der Waals surface area contributed by atoms with E-state index < -0.39 is 0 Å². The van der Waals surface area contributed by atoms with Gasteiger partial charge in [0.1, 0.15) is 12.4 Å². The van der Waals surface area contributed by atoms with Gasteiger partial charge in [0.2, 0.25) is 0 Å². The Kier molecular flexibility index (Phi) is 6.72. The van der Waals surface area contributed by atoms with Crippen LogP contribution in [0.2, 0.25) is 5.02 Å². The number of hydrogen-bond donors (Lipinski definition) is 0. The Morgan fingerprint density at radius 1 is 0.889 bits per heavy atom. The Morgan fingerprint density at radius 2 is 1.58 bits per heavy atom. The van der Waals surface area contributed by atoms with Crippen LogP contribution >= 0.6 is 23.4 Å². The van der Waals surface area contributed by atoms with Crippen molar-refractivity contribution in [1.29, 1.82) is 0 Å². The van der Waals surface area contributed by atoms with Crippen LogP contribution in [0.25, 0.3) is 11.8 Å². The Balaban J connectivity index is 1.35. The zero-order valence-corrected chi connectivity index (χ0v) is 21.3. The Hall–Kier alpha value is -3.74. The van der Waals surface area contributed by atoms with Crippen LogP contribution in [-0.2, 0) is 11.4 Å². The third kappa shape index (κ3) is 4.83. The van der Waals surface area contributed by atoms with Crippen molar-refractivity contribution in [2.24, 2.45) is 0 Å². The lowest BCUT2D eigenvalue weighted by molar-refractivity contribution is -0.113. The van der Waals surface area contributed by atoms with Crippen molar-refractivity contribution in [3.8, 4) is 11.4 Å². The van der Waals surface area contributed by atoms with Crippen LogP contribution in [-0.4, -0.2) is 15.7 Å². The number of nitrogens with zero attached hydrogens (tertiary/aromatic N) is 2. The first-order chi connectivity index (χ1) is 17.4. The average Bonchev–Trinajstić information content (AvgIpc) is 3.32. The molecule has 0 aliphatic carbocycles. The lowest BCUT2D eigenvalue weighted by atomic mass is 10.2.